The highest BCUT2D eigenvalue weighted by molar-refractivity contribution is 6.35. The smallest absolute Gasteiger partial charge is 0.427 e. The number of amides is 1. The van der Waals surface area contributed by atoms with Crippen molar-refractivity contribution in [1.82, 2.24) is 5.43 Å². The number of halogens is 3. The molecule has 5 nitrogen and oxygen atoms in total. The molecule has 0 aromatic heterocycles. The topological polar surface area (TPSA) is 59.9 Å². The molecule has 0 heterocycles. The second-order valence-corrected chi connectivity index (χ2v) is 5.85. The van der Waals surface area contributed by atoms with Gasteiger partial charge in [0.15, 0.2) is 0 Å². The fourth-order valence-corrected chi connectivity index (χ4v) is 2.39. The van der Waals surface area contributed by atoms with E-state index in [1.54, 1.807) is 36.4 Å². The van der Waals surface area contributed by atoms with Crippen LogP contribution in [0.5, 0.6) is 5.75 Å². The Kier molecular flexibility index (Phi) is 6.73. The zero-order valence-electron chi connectivity index (χ0n) is 12.6. The van der Waals surface area contributed by atoms with E-state index in [0.717, 1.165) is 5.56 Å². The summed E-state index contributed by atoms with van der Waals surface area (Å²) in [5, 5.41) is 5.34. The average molecular weight is 388 g/mol. The van der Waals surface area contributed by atoms with Crippen LogP contribution in [-0.2, 0) is 11.3 Å². The molecule has 0 atom stereocenters. The van der Waals surface area contributed by atoms with Crippen molar-refractivity contribution in [2.75, 3.05) is 7.11 Å². The van der Waals surface area contributed by atoms with Gasteiger partial charge < -0.3 is 9.47 Å². The van der Waals surface area contributed by atoms with E-state index in [2.05, 4.69) is 15.3 Å². The summed E-state index contributed by atoms with van der Waals surface area (Å²) in [4.78, 5) is 11.0. The van der Waals surface area contributed by atoms with Crippen molar-refractivity contribution in [3.05, 3.63) is 62.6 Å². The van der Waals surface area contributed by atoms with E-state index >= 15 is 0 Å². The van der Waals surface area contributed by atoms with E-state index in [0.29, 0.717) is 26.4 Å². The number of ether oxygens (including phenoxy) is 2. The van der Waals surface area contributed by atoms with Crippen LogP contribution >= 0.6 is 34.8 Å². The lowest BCUT2D eigenvalue weighted by atomic mass is 10.2. The highest BCUT2D eigenvalue weighted by Crippen LogP contribution is 2.25. The Morgan fingerprint density at radius 3 is 2.58 bits per heavy atom. The fraction of sp³-hybridized carbons (Fsp3) is 0.125. The third-order valence-corrected chi connectivity index (χ3v) is 3.74. The summed E-state index contributed by atoms with van der Waals surface area (Å²) in [5.41, 5.74) is 3.56. The molecule has 1 amide bonds. The maximum absolute atomic E-state index is 11.0. The third kappa shape index (κ3) is 5.30. The Morgan fingerprint density at radius 2 is 1.88 bits per heavy atom. The van der Waals surface area contributed by atoms with Gasteiger partial charge in [0, 0.05) is 26.2 Å². The third-order valence-electron chi connectivity index (χ3n) is 2.91. The minimum Gasteiger partial charge on any atom is -0.488 e. The van der Waals surface area contributed by atoms with Crippen LogP contribution in [0.1, 0.15) is 11.1 Å². The zero-order valence-corrected chi connectivity index (χ0v) is 14.8. The molecule has 24 heavy (non-hydrogen) atoms. The van der Waals surface area contributed by atoms with Gasteiger partial charge in [0.2, 0.25) is 0 Å². The van der Waals surface area contributed by atoms with Gasteiger partial charge in [-0.25, -0.2) is 10.2 Å². The quantitative estimate of drug-likeness (QED) is 0.585. The van der Waals surface area contributed by atoms with Gasteiger partial charge in [-0.15, -0.1) is 0 Å². The molecule has 8 heteroatoms. The van der Waals surface area contributed by atoms with Crippen molar-refractivity contribution in [3.8, 4) is 5.75 Å². The molecule has 0 bridgehead atoms. The highest BCUT2D eigenvalue weighted by atomic mass is 35.5. The first kappa shape index (κ1) is 18.4. The first-order valence-electron chi connectivity index (χ1n) is 6.73. The first-order chi connectivity index (χ1) is 11.5. The number of carbonyl (C=O) groups is 1. The molecular weight excluding hydrogens is 375 g/mol. The van der Waals surface area contributed by atoms with E-state index in [9.17, 15) is 4.79 Å². The van der Waals surface area contributed by atoms with E-state index in [4.69, 9.17) is 39.5 Å². The molecule has 2 rings (SSSR count). The number of hydrogen-bond acceptors (Lipinski definition) is 4. The molecule has 0 spiro atoms. The first-order valence-corrected chi connectivity index (χ1v) is 7.86. The molecule has 0 radical (unpaired) electrons. The maximum Gasteiger partial charge on any atom is 0.427 e. The van der Waals surface area contributed by atoms with Crippen molar-refractivity contribution in [2.24, 2.45) is 5.10 Å². The Balaban J connectivity index is 2.13. The average Bonchev–Trinajstić information content (AvgIpc) is 2.55. The number of hydrogen-bond donors (Lipinski definition) is 1. The van der Waals surface area contributed by atoms with Gasteiger partial charge in [-0.05, 0) is 30.3 Å². The molecule has 2 aromatic rings. The lowest BCUT2D eigenvalue weighted by Crippen LogP contribution is -2.16. The maximum atomic E-state index is 11.0. The van der Waals surface area contributed by atoms with Gasteiger partial charge in [0.05, 0.1) is 13.3 Å². The second-order valence-electron chi connectivity index (χ2n) is 4.57. The van der Waals surface area contributed by atoms with E-state index in [-0.39, 0.29) is 6.61 Å². The van der Waals surface area contributed by atoms with E-state index in [1.165, 1.54) is 13.3 Å². The SMILES string of the molecule is COC(=O)N/N=C/c1cc(Cl)ccc1OCc1ccc(Cl)cc1Cl. The van der Waals surface area contributed by atoms with Gasteiger partial charge in [0.1, 0.15) is 12.4 Å². The largest absolute Gasteiger partial charge is 0.488 e. The van der Waals surface area contributed by atoms with Crippen LogP contribution < -0.4 is 10.2 Å². The van der Waals surface area contributed by atoms with Crippen LogP contribution in [0.4, 0.5) is 4.79 Å². The summed E-state index contributed by atoms with van der Waals surface area (Å²) in [5.74, 6) is 0.529. The molecule has 0 aliphatic carbocycles. The van der Waals surface area contributed by atoms with Crippen molar-refractivity contribution in [3.63, 3.8) is 0 Å². The summed E-state index contributed by atoms with van der Waals surface area (Å²) >= 11 is 18.0. The second kappa shape index (κ2) is 8.78. The Bertz CT molecular complexity index is 766. The van der Waals surface area contributed by atoms with Crippen LogP contribution in [-0.4, -0.2) is 19.4 Å². The molecule has 0 unspecified atom stereocenters. The number of benzene rings is 2. The molecule has 0 fully saturated rings. The molecule has 1 N–H and O–H groups in total. The minimum atomic E-state index is -0.677. The van der Waals surface area contributed by atoms with Gasteiger partial charge in [-0.1, -0.05) is 40.9 Å². The normalized spacial score (nSPS) is 10.7. The van der Waals surface area contributed by atoms with E-state index in [1.807, 2.05) is 0 Å². The molecule has 0 aliphatic rings. The van der Waals surface area contributed by atoms with E-state index < -0.39 is 6.09 Å². The molecule has 0 saturated heterocycles. The summed E-state index contributed by atoms with van der Waals surface area (Å²) < 4.78 is 10.2. The van der Waals surface area contributed by atoms with Gasteiger partial charge in [0.25, 0.3) is 0 Å². The highest BCUT2D eigenvalue weighted by Gasteiger charge is 2.07. The van der Waals surface area contributed by atoms with Gasteiger partial charge in [-0.2, -0.15) is 5.10 Å². The predicted octanol–water partition coefficient (Wildman–Crippen LogP) is 4.92. The van der Waals surface area contributed by atoms with Crippen molar-refractivity contribution in [1.29, 1.82) is 0 Å². The molecule has 0 aliphatic heterocycles. The molecule has 126 valence electrons. The van der Waals surface area contributed by atoms with Crippen LogP contribution in [0, 0.1) is 0 Å². The Labute approximate surface area is 154 Å². The number of nitrogens with one attached hydrogen (secondary N) is 1. The van der Waals surface area contributed by atoms with Crippen LogP contribution in [0.25, 0.3) is 0 Å². The Morgan fingerprint density at radius 1 is 1.17 bits per heavy atom. The molecule has 0 saturated carbocycles. The van der Waals surface area contributed by atoms with Crippen LogP contribution in [0.2, 0.25) is 15.1 Å². The predicted molar refractivity (Wildman–Crippen MR) is 95.4 cm³/mol. The molecule has 2 aromatic carbocycles. The fourth-order valence-electron chi connectivity index (χ4n) is 1.75. The van der Waals surface area contributed by atoms with Gasteiger partial charge in [-0.3, -0.25) is 0 Å². The summed E-state index contributed by atoms with van der Waals surface area (Å²) in [6.45, 7) is 0.239. The standard InChI is InChI=1S/C16H13Cl3N2O3/c1-23-16(22)21-20-8-11-6-12(17)4-5-15(11)24-9-10-2-3-13(18)7-14(10)19/h2-8H,9H2,1H3,(H,21,22)/b20-8+. The van der Waals surface area contributed by atoms with Crippen LogP contribution in [0.15, 0.2) is 41.5 Å². The number of methoxy groups -OCH3 is 1. The number of carbonyl (C=O) groups excluding carboxylic acids is 1. The van der Waals surface area contributed by atoms with Crippen molar-refractivity contribution >= 4 is 47.1 Å². The summed E-state index contributed by atoms with van der Waals surface area (Å²) in [6, 6.07) is 10.2. The molecular formula is C16H13Cl3N2O3. The van der Waals surface area contributed by atoms with Crippen molar-refractivity contribution < 1.29 is 14.3 Å². The number of nitrogens with zero attached hydrogens (tertiary/aromatic N) is 1. The minimum absolute atomic E-state index is 0.239. The monoisotopic (exact) mass is 386 g/mol. The number of hydrazone groups is 1. The summed E-state index contributed by atoms with van der Waals surface area (Å²) in [7, 11) is 1.24. The van der Waals surface area contributed by atoms with Gasteiger partial charge >= 0.3 is 6.09 Å². The lowest BCUT2D eigenvalue weighted by molar-refractivity contribution is 0.171. The van der Waals surface area contributed by atoms with Crippen molar-refractivity contribution in [2.45, 2.75) is 6.61 Å². The Hall–Kier alpha value is -1.95. The number of rotatable bonds is 5. The zero-order chi connectivity index (χ0) is 17.5. The summed E-state index contributed by atoms with van der Waals surface area (Å²) in [6.07, 6.45) is 0.727. The lowest BCUT2D eigenvalue weighted by Gasteiger charge is -2.11. The van der Waals surface area contributed by atoms with Crippen LogP contribution in [0.3, 0.4) is 0 Å².